The highest BCUT2D eigenvalue weighted by molar-refractivity contribution is 7.80. The van der Waals surface area contributed by atoms with Crippen molar-refractivity contribution in [3.8, 4) is 11.3 Å². The van der Waals surface area contributed by atoms with E-state index in [0.29, 0.717) is 5.09 Å². The molecule has 0 amide bonds. The molecule has 0 atom stereocenters. The molecule has 0 spiro atoms. The summed E-state index contributed by atoms with van der Waals surface area (Å²) in [4.78, 5) is 0. The maximum absolute atomic E-state index is 5.37. The van der Waals surface area contributed by atoms with E-state index in [9.17, 15) is 0 Å². The molecule has 2 heteroatoms. The van der Waals surface area contributed by atoms with E-state index in [1.807, 2.05) is 24.3 Å². The van der Waals surface area contributed by atoms with Crippen LogP contribution in [0.15, 0.2) is 45.9 Å². The quantitative estimate of drug-likeness (QED) is 0.679. The zero-order chi connectivity index (χ0) is 9.26. The van der Waals surface area contributed by atoms with Gasteiger partial charge in [0, 0.05) is 5.56 Å². The highest BCUT2D eigenvalue weighted by Crippen LogP contribution is 2.23. The van der Waals surface area contributed by atoms with Crippen molar-refractivity contribution in [1.29, 1.82) is 0 Å². The van der Waals surface area contributed by atoms with Gasteiger partial charge in [-0.2, -0.15) is 0 Å². The molecule has 0 unspecified atom stereocenters. The van der Waals surface area contributed by atoms with E-state index in [0.717, 1.165) is 11.3 Å². The van der Waals surface area contributed by atoms with Gasteiger partial charge < -0.3 is 4.42 Å². The minimum atomic E-state index is 0.649. The summed E-state index contributed by atoms with van der Waals surface area (Å²) in [6, 6.07) is 12.0. The summed E-state index contributed by atoms with van der Waals surface area (Å²) >= 11 is 4.11. The third-order valence-corrected chi connectivity index (χ3v) is 2.17. The van der Waals surface area contributed by atoms with E-state index in [1.165, 1.54) is 5.56 Å². The maximum atomic E-state index is 5.37. The normalized spacial score (nSPS) is 10.3. The summed E-state index contributed by atoms with van der Waals surface area (Å²) in [5.41, 5.74) is 2.34. The van der Waals surface area contributed by atoms with Gasteiger partial charge in [0.25, 0.3) is 0 Å². The molecule has 2 aromatic rings. The predicted molar refractivity (Wildman–Crippen MR) is 56.1 cm³/mol. The third kappa shape index (κ3) is 1.78. The van der Waals surface area contributed by atoms with E-state index < -0.39 is 0 Å². The lowest BCUT2D eigenvalue weighted by Crippen LogP contribution is -1.74. The van der Waals surface area contributed by atoms with Gasteiger partial charge in [-0.1, -0.05) is 29.8 Å². The molecule has 1 aromatic carbocycles. The van der Waals surface area contributed by atoms with Gasteiger partial charge in [0.15, 0.2) is 5.09 Å². The zero-order valence-corrected chi connectivity index (χ0v) is 8.21. The van der Waals surface area contributed by atoms with Gasteiger partial charge in [-0.15, -0.1) is 12.6 Å². The molecule has 0 fully saturated rings. The molecule has 66 valence electrons. The Labute approximate surface area is 82.8 Å². The highest BCUT2D eigenvalue weighted by atomic mass is 32.1. The van der Waals surface area contributed by atoms with Crippen LogP contribution in [0.4, 0.5) is 0 Å². The van der Waals surface area contributed by atoms with Gasteiger partial charge in [-0.3, -0.25) is 0 Å². The molecule has 13 heavy (non-hydrogen) atoms. The first-order valence-corrected chi connectivity index (χ1v) is 4.56. The van der Waals surface area contributed by atoms with Gasteiger partial charge in [0.1, 0.15) is 5.76 Å². The van der Waals surface area contributed by atoms with Gasteiger partial charge >= 0.3 is 0 Å². The standard InChI is InChI=1S/C11H10OS/c1-8-2-4-9(5-3-8)10-6-7-11(13)12-10/h2-7,13H,1H3. The number of benzene rings is 1. The first-order chi connectivity index (χ1) is 6.25. The average molecular weight is 190 g/mol. The van der Waals surface area contributed by atoms with Gasteiger partial charge in [0.2, 0.25) is 0 Å². The molecular weight excluding hydrogens is 180 g/mol. The fourth-order valence-electron chi connectivity index (χ4n) is 1.20. The van der Waals surface area contributed by atoms with Crippen molar-refractivity contribution in [3.63, 3.8) is 0 Å². The van der Waals surface area contributed by atoms with Crippen molar-refractivity contribution in [2.45, 2.75) is 12.0 Å². The summed E-state index contributed by atoms with van der Waals surface area (Å²) in [7, 11) is 0. The Balaban J connectivity index is 2.41. The van der Waals surface area contributed by atoms with E-state index in [-0.39, 0.29) is 0 Å². The van der Waals surface area contributed by atoms with Gasteiger partial charge in [0.05, 0.1) is 0 Å². The molecule has 2 rings (SSSR count). The monoisotopic (exact) mass is 190 g/mol. The Kier molecular flexibility index (Phi) is 2.15. The number of aryl methyl sites for hydroxylation is 1. The third-order valence-electron chi connectivity index (χ3n) is 1.93. The first-order valence-electron chi connectivity index (χ1n) is 4.11. The summed E-state index contributed by atoms with van der Waals surface area (Å²) < 4.78 is 5.37. The lowest BCUT2D eigenvalue weighted by molar-refractivity contribution is 0.490. The van der Waals surface area contributed by atoms with Crippen molar-refractivity contribution < 1.29 is 4.42 Å². The number of thiol groups is 1. The van der Waals surface area contributed by atoms with Crippen LogP contribution in [0, 0.1) is 6.92 Å². The lowest BCUT2D eigenvalue weighted by atomic mass is 10.1. The van der Waals surface area contributed by atoms with Crippen LogP contribution in [0.25, 0.3) is 11.3 Å². The van der Waals surface area contributed by atoms with Crippen molar-refractivity contribution in [3.05, 3.63) is 42.0 Å². The topological polar surface area (TPSA) is 13.1 Å². The molecule has 1 nitrogen and oxygen atoms in total. The number of hydrogen-bond donors (Lipinski definition) is 1. The molecule has 0 saturated carbocycles. The fourth-order valence-corrected chi connectivity index (χ4v) is 1.37. The highest BCUT2D eigenvalue weighted by Gasteiger charge is 2.00. The molecule has 0 radical (unpaired) electrons. The minimum absolute atomic E-state index is 0.649. The summed E-state index contributed by atoms with van der Waals surface area (Å²) in [5.74, 6) is 0.866. The summed E-state index contributed by atoms with van der Waals surface area (Å²) in [6.45, 7) is 2.07. The van der Waals surface area contributed by atoms with Gasteiger partial charge in [-0.05, 0) is 19.1 Å². The molecule has 0 N–H and O–H groups in total. The zero-order valence-electron chi connectivity index (χ0n) is 7.32. The number of furan rings is 1. The number of hydrogen-bond acceptors (Lipinski definition) is 2. The van der Waals surface area contributed by atoms with Crippen molar-refractivity contribution in [2.75, 3.05) is 0 Å². The molecule has 0 aliphatic rings. The van der Waals surface area contributed by atoms with Crippen LogP contribution in [0.1, 0.15) is 5.56 Å². The largest absolute Gasteiger partial charge is 0.450 e. The lowest BCUT2D eigenvalue weighted by Gasteiger charge is -1.96. The van der Waals surface area contributed by atoms with Crippen LogP contribution in [0.3, 0.4) is 0 Å². The first kappa shape index (κ1) is 8.45. The second-order valence-corrected chi connectivity index (χ2v) is 3.44. The van der Waals surface area contributed by atoms with Crippen LogP contribution < -0.4 is 0 Å². The SMILES string of the molecule is Cc1ccc(-c2ccc(S)o2)cc1. The number of rotatable bonds is 1. The second-order valence-electron chi connectivity index (χ2n) is 3.00. The van der Waals surface area contributed by atoms with Crippen LogP contribution >= 0.6 is 12.6 Å². The van der Waals surface area contributed by atoms with Crippen molar-refractivity contribution in [1.82, 2.24) is 0 Å². The van der Waals surface area contributed by atoms with Crippen LogP contribution in [0.2, 0.25) is 0 Å². The Bertz CT molecular complexity index is 400. The predicted octanol–water partition coefficient (Wildman–Crippen LogP) is 3.54. The van der Waals surface area contributed by atoms with E-state index in [2.05, 4.69) is 31.7 Å². The molecule has 0 bridgehead atoms. The van der Waals surface area contributed by atoms with Crippen molar-refractivity contribution >= 4 is 12.6 Å². The molecule has 0 saturated heterocycles. The maximum Gasteiger partial charge on any atom is 0.157 e. The van der Waals surface area contributed by atoms with Crippen LogP contribution in [0.5, 0.6) is 0 Å². The minimum Gasteiger partial charge on any atom is -0.450 e. The molecule has 1 aromatic heterocycles. The fraction of sp³-hybridized carbons (Fsp3) is 0.0909. The Hall–Kier alpha value is -1.15. The van der Waals surface area contributed by atoms with Gasteiger partial charge in [-0.25, -0.2) is 0 Å². The summed E-state index contributed by atoms with van der Waals surface area (Å²) in [6.07, 6.45) is 0. The Morgan fingerprint density at radius 3 is 2.23 bits per heavy atom. The Morgan fingerprint density at radius 2 is 1.69 bits per heavy atom. The van der Waals surface area contributed by atoms with Crippen molar-refractivity contribution in [2.24, 2.45) is 0 Å². The average Bonchev–Trinajstić information content (AvgIpc) is 2.53. The summed E-state index contributed by atoms with van der Waals surface area (Å²) in [5, 5.41) is 0.649. The molecule has 0 aliphatic heterocycles. The molecule has 1 heterocycles. The van der Waals surface area contributed by atoms with E-state index in [4.69, 9.17) is 4.42 Å². The van der Waals surface area contributed by atoms with E-state index >= 15 is 0 Å². The molecule has 0 aliphatic carbocycles. The van der Waals surface area contributed by atoms with E-state index in [1.54, 1.807) is 0 Å². The molecular formula is C11H10OS. The second kappa shape index (κ2) is 3.30. The van der Waals surface area contributed by atoms with Crippen LogP contribution in [-0.4, -0.2) is 0 Å². The smallest absolute Gasteiger partial charge is 0.157 e. The Morgan fingerprint density at radius 1 is 1.00 bits per heavy atom. The van der Waals surface area contributed by atoms with Crippen LogP contribution in [-0.2, 0) is 0 Å².